The van der Waals surface area contributed by atoms with E-state index < -0.39 is 17.9 Å². The summed E-state index contributed by atoms with van der Waals surface area (Å²) in [5.41, 5.74) is 0.255. The topological polar surface area (TPSA) is 115 Å². The number of carbonyl (C=O) groups excluding carboxylic acids is 1. The van der Waals surface area contributed by atoms with Gasteiger partial charge in [0.05, 0.1) is 5.56 Å². The van der Waals surface area contributed by atoms with E-state index in [1.165, 1.54) is 0 Å². The SMILES string of the molecule is CCCCC(NC(=O)c1ccccc1OCc1noc(C)n1)C(=O)O. The Kier molecular flexibility index (Phi) is 6.50. The number of aromatic nitrogens is 2. The fourth-order valence-electron chi connectivity index (χ4n) is 2.22. The molecule has 2 rings (SSSR count). The lowest BCUT2D eigenvalue weighted by Crippen LogP contribution is -2.40. The van der Waals surface area contributed by atoms with Gasteiger partial charge in [-0.1, -0.05) is 37.1 Å². The van der Waals surface area contributed by atoms with E-state index in [1.807, 2.05) is 6.92 Å². The molecule has 1 heterocycles. The quantitative estimate of drug-likeness (QED) is 0.715. The summed E-state index contributed by atoms with van der Waals surface area (Å²) >= 11 is 0. The second-order valence-electron chi connectivity index (χ2n) is 5.52. The third-order valence-electron chi connectivity index (χ3n) is 3.51. The molecule has 0 saturated carbocycles. The largest absolute Gasteiger partial charge is 0.485 e. The summed E-state index contributed by atoms with van der Waals surface area (Å²) in [5.74, 6) is -0.447. The normalized spacial score (nSPS) is 11.8. The van der Waals surface area contributed by atoms with Crippen molar-refractivity contribution in [3.05, 3.63) is 41.5 Å². The highest BCUT2D eigenvalue weighted by atomic mass is 16.5. The van der Waals surface area contributed by atoms with Crippen molar-refractivity contribution < 1.29 is 24.0 Å². The van der Waals surface area contributed by atoms with E-state index in [9.17, 15) is 14.7 Å². The van der Waals surface area contributed by atoms with Gasteiger partial charge in [0.2, 0.25) is 11.7 Å². The molecule has 0 saturated heterocycles. The van der Waals surface area contributed by atoms with Gasteiger partial charge in [-0.3, -0.25) is 4.79 Å². The van der Waals surface area contributed by atoms with Gasteiger partial charge < -0.3 is 19.7 Å². The third-order valence-corrected chi connectivity index (χ3v) is 3.51. The first-order chi connectivity index (χ1) is 12.0. The van der Waals surface area contributed by atoms with Crippen LogP contribution in [0.2, 0.25) is 0 Å². The van der Waals surface area contributed by atoms with Gasteiger partial charge in [0.1, 0.15) is 11.8 Å². The molecule has 1 aromatic carbocycles. The van der Waals surface area contributed by atoms with Crippen LogP contribution in [-0.4, -0.2) is 33.2 Å². The van der Waals surface area contributed by atoms with Gasteiger partial charge in [-0.25, -0.2) is 4.79 Å². The Hall–Kier alpha value is -2.90. The number of aryl methyl sites for hydroxylation is 1. The molecular weight excluding hydrogens is 326 g/mol. The highest BCUT2D eigenvalue weighted by Crippen LogP contribution is 2.19. The molecule has 1 amide bonds. The van der Waals surface area contributed by atoms with E-state index in [0.717, 1.165) is 6.42 Å². The van der Waals surface area contributed by atoms with E-state index in [1.54, 1.807) is 31.2 Å². The Bertz CT molecular complexity index is 729. The van der Waals surface area contributed by atoms with E-state index in [2.05, 4.69) is 15.5 Å². The summed E-state index contributed by atoms with van der Waals surface area (Å²) in [4.78, 5) is 27.8. The van der Waals surface area contributed by atoms with Crippen LogP contribution in [0.15, 0.2) is 28.8 Å². The van der Waals surface area contributed by atoms with Gasteiger partial charge >= 0.3 is 5.97 Å². The molecule has 0 fully saturated rings. The van der Waals surface area contributed by atoms with Crippen LogP contribution in [0.1, 0.15) is 48.3 Å². The third kappa shape index (κ3) is 5.30. The lowest BCUT2D eigenvalue weighted by atomic mass is 10.1. The van der Waals surface area contributed by atoms with Crippen LogP contribution in [0.4, 0.5) is 0 Å². The maximum Gasteiger partial charge on any atom is 0.326 e. The van der Waals surface area contributed by atoms with Crippen LogP contribution in [-0.2, 0) is 11.4 Å². The Morgan fingerprint density at radius 3 is 2.76 bits per heavy atom. The number of hydrogen-bond acceptors (Lipinski definition) is 6. The molecule has 0 radical (unpaired) electrons. The molecule has 1 aromatic heterocycles. The minimum Gasteiger partial charge on any atom is -0.485 e. The van der Waals surface area contributed by atoms with Crippen molar-refractivity contribution in [3.63, 3.8) is 0 Å². The fourth-order valence-corrected chi connectivity index (χ4v) is 2.22. The minimum absolute atomic E-state index is 0.0415. The predicted octanol–water partition coefficient (Wildman–Crippen LogP) is 2.33. The average Bonchev–Trinajstić information content (AvgIpc) is 3.02. The summed E-state index contributed by atoms with van der Waals surface area (Å²) in [6, 6.07) is 5.68. The standard InChI is InChI=1S/C17H21N3O5/c1-3-4-8-13(17(22)23)19-16(21)12-7-5-6-9-14(12)24-10-15-18-11(2)25-20-15/h5-7,9,13H,3-4,8,10H2,1-2H3,(H,19,21)(H,22,23). The summed E-state index contributed by atoms with van der Waals surface area (Å²) in [6.45, 7) is 3.67. The lowest BCUT2D eigenvalue weighted by molar-refractivity contribution is -0.139. The Morgan fingerprint density at radius 2 is 2.12 bits per heavy atom. The highest BCUT2D eigenvalue weighted by molar-refractivity contribution is 5.98. The first kappa shape index (κ1) is 18.4. The smallest absolute Gasteiger partial charge is 0.326 e. The number of amides is 1. The molecule has 2 N–H and O–H groups in total. The summed E-state index contributed by atoms with van der Waals surface area (Å²) in [7, 11) is 0. The van der Waals surface area contributed by atoms with Crippen LogP contribution in [0, 0.1) is 6.92 Å². The monoisotopic (exact) mass is 347 g/mol. The van der Waals surface area contributed by atoms with E-state index in [-0.39, 0.29) is 12.2 Å². The number of hydrogen-bond donors (Lipinski definition) is 2. The predicted molar refractivity (Wildman–Crippen MR) is 88.2 cm³/mol. The van der Waals surface area contributed by atoms with Crippen molar-refractivity contribution in [1.29, 1.82) is 0 Å². The van der Waals surface area contributed by atoms with Gasteiger partial charge in [0.25, 0.3) is 5.91 Å². The molecular formula is C17H21N3O5. The van der Waals surface area contributed by atoms with Crippen LogP contribution in [0.25, 0.3) is 0 Å². The van der Waals surface area contributed by atoms with Crippen molar-refractivity contribution in [1.82, 2.24) is 15.5 Å². The van der Waals surface area contributed by atoms with Crippen molar-refractivity contribution in [2.45, 2.75) is 45.8 Å². The molecule has 8 heteroatoms. The molecule has 0 bridgehead atoms. The summed E-state index contributed by atoms with van der Waals surface area (Å²) < 4.78 is 10.4. The number of carboxylic acid groups (broad SMARTS) is 1. The number of benzene rings is 1. The van der Waals surface area contributed by atoms with Crippen molar-refractivity contribution in [3.8, 4) is 5.75 Å². The molecule has 1 atom stereocenters. The van der Waals surface area contributed by atoms with E-state index in [4.69, 9.17) is 9.26 Å². The molecule has 0 aliphatic rings. The van der Waals surface area contributed by atoms with Crippen molar-refractivity contribution in [2.24, 2.45) is 0 Å². The average molecular weight is 347 g/mol. The number of aliphatic carboxylic acids is 1. The Labute approximate surface area is 145 Å². The van der Waals surface area contributed by atoms with E-state index >= 15 is 0 Å². The first-order valence-electron chi connectivity index (χ1n) is 8.06. The van der Waals surface area contributed by atoms with Gasteiger partial charge in [-0.05, 0) is 18.6 Å². The molecule has 8 nitrogen and oxygen atoms in total. The molecule has 134 valence electrons. The molecule has 0 aliphatic heterocycles. The number of rotatable bonds is 9. The maximum absolute atomic E-state index is 12.5. The molecule has 0 aliphatic carbocycles. The fraction of sp³-hybridized carbons (Fsp3) is 0.412. The zero-order chi connectivity index (χ0) is 18.2. The van der Waals surface area contributed by atoms with Crippen LogP contribution in [0.5, 0.6) is 5.75 Å². The van der Waals surface area contributed by atoms with Gasteiger partial charge in [0.15, 0.2) is 6.61 Å². The number of carbonyl (C=O) groups is 2. The number of nitrogens with zero attached hydrogens (tertiary/aromatic N) is 2. The number of para-hydroxylation sites is 1. The van der Waals surface area contributed by atoms with Crippen molar-refractivity contribution in [2.75, 3.05) is 0 Å². The first-order valence-corrected chi connectivity index (χ1v) is 8.06. The zero-order valence-corrected chi connectivity index (χ0v) is 14.2. The van der Waals surface area contributed by atoms with Crippen LogP contribution < -0.4 is 10.1 Å². The van der Waals surface area contributed by atoms with Crippen molar-refractivity contribution >= 4 is 11.9 Å². The lowest BCUT2D eigenvalue weighted by Gasteiger charge is -2.15. The minimum atomic E-state index is -1.05. The second-order valence-corrected chi connectivity index (χ2v) is 5.52. The number of unbranched alkanes of at least 4 members (excludes halogenated alkanes) is 1. The highest BCUT2D eigenvalue weighted by Gasteiger charge is 2.22. The maximum atomic E-state index is 12.5. The number of ether oxygens (including phenoxy) is 1. The van der Waals surface area contributed by atoms with E-state index in [0.29, 0.717) is 30.3 Å². The summed E-state index contributed by atoms with van der Waals surface area (Å²) in [5, 5.41) is 15.5. The van der Waals surface area contributed by atoms with Gasteiger partial charge in [-0.15, -0.1) is 0 Å². The summed E-state index contributed by atoms with van der Waals surface area (Å²) in [6.07, 6.45) is 1.94. The molecule has 1 unspecified atom stereocenters. The molecule has 2 aromatic rings. The van der Waals surface area contributed by atoms with Gasteiger partial charge in [-0.2, -0.15) is 4.98 Å². The van der Waals surface area contributed by atoms with Crippen LogP contribution >= 0.6 is 0 Å². The molecule has 0 spiro atoms. The number of carboxylic acids is 1. The number of nitrogens with one attached hydrogen (secondary N) is 1. The Morgan fingerprint density at radius 1 is 1.36 bits per heavy atom. The second kappa shape index (κ2) is 8.81. The molecule has 25 heavy (non-hydrogen) atoms. The zero-order valence-electron chi connectivity index (χ0n) is 14.2. The van der Waals surface area contributed by atoms with Crippen LogP contribution in [0.3, 0.4) is 0 Å². The van der Waals surface area contributed by atoms with Gasteiger partial charge in [0, 0.05) is 6.92 Å². The Balaban J connectivity index is 2.07.